The third-order valence-electron chi connectivity index (χ3n) is 5.80. The highest BCUT2D eigenvalue weighted by Crippen LogP contribution is 2.29. The largest absolute Gasteiger partial charge is 0.338 e. The molecule has 1 aliphatic heterocycles. The molecule has 0 spiro atoms. The molecule has 1 aromatic carbocycles. The lowest BCUT2D eigenvalue weighted by Crippen LogP contribution is -2.47. The van der Waals surface area contributed by atoms with Crippen molar-refractivity contribution in [2.24, 2.45) is 0 Å². The van der Waals surface area contributed by atoms with Gasteiger partial charge in [-0.05, 0) is 31.9 Å². The molecule has 2 heterocycles. The molecule has 2 amide bonds. The number of likely N-dealkylation sites (N-methyl/N-ethyl adjacent to an activating group) is 1. The van der Waals surface area contributed by atoms with Crippen molar-refractivity contribution in [1.29, 1.82) is 0 Å². The maximum atomic E-state index is 12.3. The Morgan fingerprint density at radius 2 is 1.89 bits per heavy atom. The van der Waals surface area contributed by atoms with Gasteiger partial charge in [0.15, 0.2) is 5.82 Å². The quantitative estimate of drug-likeness (QED) is 0.829. The number of likely N-dealkylation sites (tertiary alicyclic amines) is 1. The van der Waals surface area contributed by atoms with Crippen LogP contribution in [0.1, 0.15) is 61.8 Å². The molecule has 28 heavy (non-hydrogen) atoms. The molecule has 7 heteroatoms. The number of nitrogens with one attached hydrogen (secondary N) is 2. The fourth-order valence-corrected chi connectivity index (χ4v) is 4.31. The summed E-state index contributed by atoms with van der Waals surface area (Å²) in [5.74, 6) is 1.33. The molecule has 1 saturated heterocycles. The summed E-state index contributed by atoms with van der Waals surface area (Å²) >= 11 is 0. The number of benzene rings is 1. The lowest BCUT2D eigenvalue weighted by Gasteiger charge is -2.24. The van der Waals surface area contributed by atoms with Crippen molar-refractivity contribution in [2.45, 2.75) is 63.1 Å². The second kappa shape index (κ2) is 8.73. The molecule has 1 aromatic heterocycles. The van der Waals surface area contributed by atoms with E-state index in [4.69, 9.17) is 4.52 Å². The SMILES string of the molecule is CN1CC(NC(=O)NC2CCCCC2)CC1c1nc(Cc2ccccc2)no1. The van der Waals surface area contributed by atoms with E-state index >= 15 is 0 Å². The Bertz CT molecular complexity index is 772. The van der Waals surface area contributed by atoms with Crippen molar-refractivity contribution in [3.05, 3.63) is 47.6 Å². The van der Waals surface area contributed by atoms with Crippen LogP contribution < -0.4 is 10.6 Å². The molecule has 1 saturated carbocycles. The standard InChI is InChI=1S/C21H29N5O2/c1-26-14-17(23-21(27)22-16-10-6-3-7-11-16)13-18(26)20-24-19(25-28-20)12-15-8-4-2-5-9-15/h2,4-5,8-9,16-18H,3,6-7,10-14H2,1H3,(H2,22,23,27). The van der Waals surface area contributed by atoms with E-state index in [0.29, 0.717) is 24.2 Å². The van der Waals surface area contributed by atoms with Crippen LogP contribution in [-0.4, -0.2) is 46.7 Å². The van der Waals surface area contributed by atoms with Crippen molar-refractivity contribution < 1.29 is 9.32 Å². The summed E-state index contributed by atoms with van der Waals surface area (Å²) in [4.78, 5) is 19.1. The van der Waals surface area contributed by atoms with Crippen LogP contribution in [0.2, 0.25) is 0 Å². The normalized spacial score (nSPS) is 23.6. The van der Waals surface area contributed by atoms with E-state index in [9.17, 15) is 4.79 Å². The fraction of sp³-hybridized carbons (Fsp3) is 0.571. The average molecular weight is 383 g/mol. The van der Waals surface area contributed by atoms with Crippen molar-refractivity contribution in [3.8, 4) is 0 Å². The zero-order valence-electron chi connectivity index (χ0n) is 16.4. The van der Waals surface area contributed by atoms with Gasteiger partial charge in [0.1, 0.15) is 0 Å². The van der Waals surface area contributed by atoms with E-state index < -0.39 is 0 Å². The number of rotatable bonds is 5. The maximum Gasteiger partial charge on any atom is 0.315 e. The predicted octanol–water partition coefficient (Wildman–Crippen LogP) is 3.04. The van der Waals surface area contributed by atoms with E-state index in [1.54, 1.807) is 0 Å². The van der Waals surface area contributed by atoms with Crippen LogP contribution in [0, 0.1) is 0 Å². The van der Waals surface area contributed by atoms with E-state index in [0.717, 1.165) is 31.4 Å². The zero-order valence-corrected chi connectivity index (χ0v) is 16.4. The Morgan fingerprint density at radius 3 is 2.68 bits per heavy atom. The van der Waals surface area contributed by atoms with Gasteiger partial charge in [-0.1, -0.05) is 54.8 Å². The number of nitrogens with zero attached hydrogens (tertiary/aromatic N) is 3. The minimum Gasteiger partial charge on any atom is -0.338 e. The lowest BCUT2D eigenvalue weighted by molar-refractivity contribution is 0.228. The van der Waals surface area contributed by atoms with E-state index in [2.05, 4.69) is 37.8 Å². The minimum atomic E-state index is -0.0544. The van der Waals surface area contributed by atoms with Gasteiger partial charge in [0.2, 0.25) is 5.89 Å². The Hall–Kier alpha value is -2.41. The van der Waals surface area contributed by atoms with Gasteiger partial charge in [-0.15, -0.1) is 0 Å². The summed E-state index contributed by atoms with van der Waals surface area (Å²) in [7, 11) is 2.03. The molecular weight excluding hydrogens is 354 g/mol. The summed E-state index contributed by atoms with van der Waals surface area (Å²) in [5, 5.41) is 10.4. The Kier molecular flexibility index (Phi) is 5.90. The van der Waals surface area contributed by atoms with Gasteiger partial charge in [-0.3, -0.25) is 4.90 Å². The van der Waals surface area contributed by atoms with Gasteiger partial charge >= 0.3 is 6.03 Å². The molecule has 4 rings (SSSR count). The molecule has 2 atom stereocenters. The average Bonchev–Trinajstić information content (AvgIpc) is 3.29. The van der Waals surface area contributed by atoms with Gasteiger partial charge in [0.05, 0.1) is 6.04 Å². The number of urea groups is 1. The highest BCUT2D eigenvalue weighted by Gasteiger charge is 2.35. The van der Waals surface area contributed by atoms with Crippen molar-refractivity contribution in [2.75, 3.05) is 13.6 Å². The number of aromatic nitrogens is 2. The fourth-order valence-electron chi connectivity index (χ4n) is 4.31. The van der Waals surface area contributed by atoms with E-state index in [-0.39, 0.29) is 18.1 Å². The first-order valence-electron chi connectivity index (χ1n) is 10.3. The highest BCUT2D eigenvalue weighted by molar-refractivity contribution is 5.74. The summed E-state index contributed by atoms with van der Waals surface area (Å²) < 4.78 is 5.53. The Balaban J connectivity index is 1.30. The molecule has 2 fully saturated rings. The zero-order chi connectivity index (χ0) is 19.3. The molecule has 1 aliphatic carbocycles. The third-order valence-corrected chi connectivity index (χ3v) is 5.80. The van der Waals surface area contributed by atoms with Gasteiger partial charge in [-0.25, -0.2) is 4.79 Å². The topological polar surface area (TPSA) is 83.3 Å². The monoisotopic (exact) mass is 383 g/mol. The molecule has 0 bridgehead atoms. The van der Waals surface area contributed by atoms with Gasteiger partial charge in [0, 0.05) is 25.0 Å². The van der Waals surface area contributed by atoms with Crippen LogP contribution in [0.3, 0.4) is 0 Å². The predicted molar refractivity (Wildman–Crippen MR) is 106 cm³/mol. The lowest BCUT2D eigenvalue weighted by atomic mass is 9.96. The molecule has 2 aliphatic rings. The van der Waals surface area contributed by atoms with Crippen molar-refractivity contribution >= 4 is 6.03 Å². The first kappa shape index (κ1) is 18.9. The third kappa shape index (κ3) is 4.70. The minimum absolute atomic E-state index is 0.0389. The number of hydrogen-bond donors (Lipinski definition) is 2. The molecule has 7 nitrogen and oxygen atoms in total. The smallest absolute Gasteiger partial charge is 0.315 e. The van der Waals surface area contributed by atoms with E-state index in [1.165, 1.54) is 19.3 Å². The maximum absolute atomic E-state index is 12.3. The van der Waals surface area contributed by atoms with Gasteiger partial charge in [-0.2, -0.15) is 4.98 Å². The number of carbonyl (C=O) groups is 1. The number of amides is 2. The molecule has 2 N–H and O–H groups in total. The number of hydrogen-bond acceptors (Lipinski definition) is 5. The first-order valence-corrected chi connectivity index (χ1v) is 10.3. The van der Waals surface area contributed by atoms with Crippen LogP contribution in [-0.2, 0) is 6.42 Å². The molecular formula is C21H29N5O2. The van der Waals surface area contributed by atoms with Crippen LogP contribution in [0.4, 0.5) is 4.79 Å². The molecule has 2 unspecified atom stereocenters. The molecule has 2 aromatic rings. The van der Waals surface area contributed by atoms with Crippen molar-refractivity contribution in [1.82, 2.24) is 25.7 Å². The summed E-state index contributed by atoms with van der Waals surface area (Å²) in [6.07, 6.45) is 7.32. The first-order chi connectivity index (χ1) is 13.7. The van der Waals surface area contributed by atoms with Gasteiger partial charge in [0.25, 0.3) is 0 Å². The molecule has 0 radical (unpaired) electrons. The molecule has 150 valence electrons. The van der Waals surface area contributed by atoms with Crippen LogP contribution in [0.25, 0.3) is 0 Å². The van der Waals surface area contributed by atoms with Crippen molar-refractivity contribution in [3.63, 3.8) is 0 Å². The second-order valence-corrected chi connectivity index (χ2v) is 8.05. The summed E-state index contributed by atoms with van der Waals surface area (Å²) in [6, 6.07) is 10.5. The van der Waals surface area contributed by atoms with Crippen LogP contribution in [0.5, 0.6) is 0 Å². The summed E-state index contributed by atoms with van der Waals surface area (Å²) in [6.45, 7) is 0.777. The summed E-state index contributed by atoms with van der Waals surface area (Å²) in [5.41, 5.74) is 1.16. The van der Waals surface area contributed by atoms with Crippen LogP contribution >= 0.6 is 0 Å². The van der Waals surface area contributed by atoms with Crippen LogP contribution in [0.15, 0.2) is 34.9 Å². The number of carbonyl (C=O) groups excluding carboxylic acids is 1. The van der Waals surface area contributed by atoms with Gasteiger partial charge < -0.3 is 15.2 Å². The Morgan fingerprint density at radius 1 is 1.14 bits per heavy atom. The Labute approximate surface area is 165 Å². The highest BCUT2D eigenvalue weighted by atomic mass is 16.5. The second-order valence-electron chi connectivity index (χ2n) is 8.05. The van der Waals surface area contributed by atoms with E-state index in [1.807, 2.05) is 25.2 Å².